The maximum atomic E-state index is 13.1. The molecule has 0 heterocycles. The highest BCUT2D eigenvalue weighted by Crippen LogP contribution is 2.25. The minimum Gasteiger partial charge on any atom is -0.337 e. The van der Waals surface area contributed by atoms with Gasteiger partial charge in [0.2, 0.25) is 0 Å². The molecule has 3 rings (SSSR count). The number of halogens is 1. The number of nitrogens with zero attached hydrogens (tertiary/aromatic N) is 1. The molecule has 0 spiro atoms. The number of thiocarbonyl (C=S) groups is 1. The molecule has 0 fully saturated rings. The van der Waals surface area contributed by atoms with E-state index in [9.17, 15) is 14.0 Å². The Labute approximate surface area is 190 Å². The predicted octanol–water partition coefficient (Wildman–Crippen LogP) is 6.00. The molecular formula is C25H20FNO2S2. The van der Waals surface area contributed by atoms with Crippen LogP contribution < -0.4 is 0 Å². The first kappa shape index (κ1) is 22.6. The van der Waals surface area contributed by atoms with Crippen molar-refractivity contribution < 1.29 is 14.0 Å². The molecule has 3 aromatic carbocycles. The van der Waals surface area contributed by atoms with Crippen LogP contribution in [0, 0.1) is 5.82 Å². The van der Waals surface area contributed by atoms with Gasteiger partial charge in [0.1, 0.15) is 12.1 Å². The number of rotatable bonds is 8. The summed E-state index contributed by atoms with van der Waals surface area (Å²) in [4.78, 5) is 25.9. The van der Waals surface area contributed by atoms with E-state index in [0.29, 0.717) is 17.0 Å². The quantitative estimate of drug-likeness (QED) is 0.240. The molecular weight excluding hydrogens is 429 g/mol. The minimum atomic E-state index is -0.310. The van der Waals surface area contributed by atoms with Gasteiger partial charge in [0, 0.05) is 23.9 Å². The van der Waals surface area contributed by atoms with E-state index in [1.54, 1.807) is 42.3 Å². The summed E-state index contributed by atoms with van der Waals surface area (Å²) >= 11 is 6.16. The second-order valence-corrected chi connectivity index (χ2v) is 8.32. The van der Waals surface area contributed by atoms with E-state index in [-0.39, 0.29) is 11.7 Å². The first-order valence-electron chi connectivity index (χ1n) is 9.48. The predicted molar refractivity (Wildman–Crippen MR) is 129 cm³/mol. The molecule has 0 aliphatic rings. The van der Waals surface area contributed by atoms with Crippen molar-refractivity contribution in [3.05, 3.63) is 100 Å². The number of carbonyl (C=O) groups excluding carboxylic acids is 2. The van der Waals surface area contributed by atoms with Gasteiger partial charge in [-0.2, -0.15) is 0 Å². The molecule has 6 heteroatoms. The summed E-state index contributed by atoms with van der Waals surface area (Å²) in [6.07, 6.45) is 2.62. The summed E-state index contributed by atoms with van der Waals surface area (Å²) in [5.74, 6) is -0.480. The fourth-order valence-corrected chi connectivity index (χ4v) is 3.91. The molecule has 0 unspecified atom stereocenters. The van der Waals surface area contributed by atoms with Crippen LogP contribution in [-0.4, -0.2) is 28.8 Å². The van der Waals surface area contributed by atoms with Crippen LogP contribution in [-0.2, 0) is 11.3 Å². The van der Waals surface area contributed by atoms with Crippen LogP contribution in [0.4, 0.5) is 4.39 Å². The van der Waals surface area contributed by atoms with Crippen LogP contribution in [0.15, 0.2) is 77.7 Å². The van der Waals surface area contributed by atoms with Gasteiger partial charge >= 0.3 is 0 Å². The number of hydrogen-bond donors (Lipinski definition) is 0. The number of amides is 1. The van der Waals surface area contributed by atoms with Crippen LogP contribution >= 0.6 is 24.0 Å². The van der Waals surface area contributed by atoms with Gasteiger partial charge in [0.05, 0.1) is 4.91 Å². The molecule has 156 valence electrons. The zero-order valence-electron chi connectivity index (χ0n) is 16.8. The lowest BCUT2D eigenvalue weighted by molar-refractivity contribution is -0.125. The molecule has 0 atom stereocenters. The van der Waals surface area contributed by atoms with E-state index in [1.165, 1.54) is 28.6 Å². The molecule has 0 aliphatic heterocycles. The molecule has 0 aliphatic carbocycles. The average Bonchev–Trinajstić information content (AvgIpc) is 2.80. The number of likely N-dealkylation sites (N-methyl/N-ethyl adjacent to an activating group) is 1. The first-order valence-corrected chi connectivity index (χ1v) is 10.8. The molecule has 0 radical (unpaired) electrons. The summed E-state index contributed by atoms with van der Waals surface area (Å²) in [5, 5.41) is 0. The molecule has 3 aromatic rings. The van der Waals surface area contributed by atoms with E-state index in [0.717, 1.165) is 28.5 Å². The molecule has 0 saturated carbocycles. The van der Waals surface area contributed by atoms with Crippen molar-refractivity contribution in [3.63, 3.8) is 0 Å². The Morgan fingerprint density at radius 3 is 2.35 bits per heavy atom. The topological polar surface area (TPSA) is 37.4 Å². The number of hydrogen-bond acceptors (Lipinski definition) is 4. The standard InChI is InChI=1S/C25H20FNO2S2/c1-27(15-18-7-11-23(26)12-8-18)25(29)24(31-17-30)14-20-3-2-4-22(13-20)21-9-5-19(16-28)6-10-21/h2-14,16-17H,15H2,1H3/b24-14-. The maximum absolute atomic E-state index is 13.1. The van der Waals surface area contributed by atoms with Gasteiger partial charge in [-0.15, -0.1) is 0 Å². The van der Waals surface area contributed by atoms with Gasteiger partial charge in [0.25, 0.3) is 5.91 Å². The highest BCUT2D eigenvalue weighted by atomic mass is 32.2. The van der Waals surface area contributed by atoms with Gasteiger partial charge in [0.15, 0.2) is 0 Å². The Kier molecular flexibility index (Phi) is 7.87. The largest absolute Gasteiger partial charge is 0.337 e. The summed E-state index contributed by atoms with van der Waals surface area (Å²) in [6.45, 7) is 0.359. The lowest BCUT2D eigenvalue weighted by Crippen LogP contribution is -2.26. The van der Waals surface area contributed by atoms with Crippen molar-refractivity contribution in [2.24, 2.45) is 0 Å². The van der Waals surface area contributed by atoms with Crippen molar-refractivity contribution in [2.45, 2.75) is 6.54 Å². The lowest BCUT2D eigenvalue weighted by atomic mass is 10.0. The van der Waals surface area contributed by atoms with E-state index in [2.05, 4.69) is 0 Å². The smallest absolute Gasteiger partial charge is 0.260 e. The van der Waals surface area contributed by atoms with Crippen molar-refractivity contribution in [3.8, 4) is 11.1 Å². The van der Waals surface area contributed by atoms with E-state index in [1.807, 2.05) is 36.4 Å². The number of thioether (sulfide) groups is 1. The molecule has 0 N–H and O–H groups in total. The molecule has 0 saturated heterocycles. The third-order valence-electron chi connectivity index (χ3n) is 4.63. The van der Waals surface area contributed by atoms with Crippen molar-refractivity contribution in [1.82, 2.24) is 4.90 Å². The lowest BCUT2D eigenvalue weighted by Gasteiger charge is -2.18. The van der Waals surface area contributed by atoms with Gasteiger partial charge < -0.3 is 4.90 Å². The third kappa shape index (κ3) is 6.20. The van der Waals surface area contributed by atoms with Crippen LogP contribution in [0.2, 0.25) is 0 Å². The summed E-state index contributed by atoms with van der Waals surface area (Å²) in [6, 6.07) is 21.2. The van der Waals surface area contributed by atoms with E-state index < -0.39 is 0 Å². The minimum absolute atomic E-state index is 0.170. The highest BCUT2D eigenvalue weighted by molar-refractivity contribution is 8.24. The van der Waals surface area contributed by atoms with Crippen molar-refractivity contribution in [1.29, 1.82) is 0 Å². The van der Waals surface area contributed by atoms with Gasteiger partial charge in [-0.05, 0) is 46.5 Å². The van der Waals surface area contributed by atoms with Gasteiger partial charge in [-0.1, -0.05) is 78.6 Å². The maximum Gasteiger partial charge on any atom is 0.260 e. The van der Waals surface area contributed by atoms with Crippen LogP contribution in [0.3, 0.4) is 0 Å². The Bertz CT molecular complexity index is 1110. The summed E-state index contributed by atoms with van der Waals surface area (Å²) in [5.41, 5.74) is 4.27. The Hall–Kier alpha value is -3.09. The number of benzene rings is 3. The fourth-order valence-electron chi connectivity index (χ4n) is 3.04. The van der Waals surface area contributed by atoms with Gasteiger partial charge in [-0.3, -0.25) is 9.59 Å². The molecule has 3 nitrogen and oxygen atoms in total. The van der Waals surface area contributed by atoms with E-state index in [4.69, 9.17) is 12.2 Å². The second-order valence-electron chi connectivity index (χ2n) is 6.88. The first-order chi connectivity index (χ1) is 15.0. The summed E-state index contributed by atoms with van der Waals surface area (Å²) in [7, 11) is 1.70. The van der Waals surface area contributed by atoms with Crippen LogP contribution in [0.5, 0.6) is 0 Å². The third-order valence-corrected chi connectivity index (χ3v) is 5.56. The van der Waals surface area contributed by atoms with Crippen molar-refractivity contribution >= 4 is 46.9 Å². The van der Waals surface area contributed by atoms with E-state index >= 15 is 0 Å². The van der Waals surface area contributed by atoms with Crippen LogP contribution in [0.25, 0.3) is 17.2 Å². The molecule has 0 aromatic heterocycles. The monoisotopic (exact) mass is 449 g/mol. The zero-order chi connectivity index (χ0) is 22.2. The highest BCUT2D eigenvalue weighted by Gasteiger charge is 2.15. The Balaban J connectivity index is 1.83. The SMILES string of the molecule is CN(Cc1ccc(F)cc1)C(=O)/C(=C/c1cccc(-c2ccc(C=O)cc2)c1)SC=S. The fraction of sp³-hybridized carbons (Fsp3) is 0.0800. The average molecular weight is 450 g/mol. The summed E-state index contributed by atoms with van der Waals surface area (Å²) < 4.78 is 14.6. The second kappa shape index (κ2) is 10.8. The molecule has 31 heavy (non-hydrogen) atoms. The number of carbonyl (C=O) groups is 2. The molecule has 1 amide bonds. The van der Waals surface area contributed by atoms with Gasteiger partial charge in [-0.25, -0.2) is 4.39 Å². The van der Waals surface area contributed by atoms with Crippen molar-refractivity contribution in [2.75, 3.05) is 7.05 Å². The normalized spacial score (nSPS) is 11.1. The Morgan fingerprint density at radius 2 is 1.71 bits per heavy atom. The zero-order valence-corrected chi connectivity index (χ0v) is 18.5. The Morgan fingerprint density at radius 1 is 1.00 bits per heavy atom. The molecule has 0 bridgehead atoms. The van der Waals surface area contributed by atoms with Crippen LogP contribution in [0.1, 0.15) is 21.5 Å². The number of aldehydes is 1.